The zero-order chi connectivity index (χ0) is 35.2. The molecule has 0 unspecified atom stereocenters. The number of fused-ring (bicyclic) bond motifs is 2. The van der Waals surface area contributed by atoms with E-state index in [1.54, 1.807) is 17.0 Å². The molecule has 258 valence electrons. The Kier molecular flexibility index (Phi) is 10.6. The summed E-state index contributed by atoms with van der Waals surface area (Å²) in [6.45, 7) is 9.77. The summed E-state index contributed by atoms with van der Waals surface area (Å²) in [7, 11) is 0. The number of anilines is 1. The molecule has 3 heterocycles. The fourth-order valence-corrected chi connectivity index (χ4v) is 6.54. The van der Waals surface area contributed by atoms with Gasteiger partial charge < -0.3 is 24.4 Å². The first kappa shape index (κ1) is 34.4. The summed E-state index contributed by atoms with van der Waals surface area (Å²) in [4.78, 5) is 56.1. The van der Waals surface area contributed by atoms with E-state index in [1.807, 2.05) is 36.9 Å². The number of aryl methyl sites for hydroxylation is 1. The van der Waals surface area contributed by atoms with Crippen LogP contribution in [0.4, 0.5) is 5.69 Å². The highest BCUT2D eigenvalue weighted by molar-refractivity contribution is 5.95. The lowest BCUT2D eigenvalue weighted by atomic mass is 10.0. The average molecular weight is 673 g/mol. The molecule has 0 bridgehead atoms. The number of nitrogens with one attached hydrogen (secondary N) is 1. The highest BCUT2D eigenvalue weighted by Crippen LogP contribution is 2.25. The summed E-state index contributed by atoms with van der Waals surface area (Å²) in [5, 5.41) is 5.68. The van der Waals surface area contributed by atoms with E-state index in [-0.39, 0.29) is 35.5 Å². The number of carbonyl (C=O) groups is 3. The maximum atomic E-state index is 12.8. The quantitative estimate of drug-likeness (QED) is 0.219. The van der Waals surface area contributed by atoms with E-state index in [4.69, 9.17) is 4.42 Å². The van der Waals surface area contributed by atoms with Gasteiger partial charge in [0.1, 0.15) is 5.58 Å². The van der Waals surface area contributed by atoms with Crippen LogP contribution < -0.4 is 15.6 Å². The first-order valence-corrected chi connectivity index (χ1v) is 17.4. The van der Waals surface area contributed by atoms with E-state index in [2.05, 4.69) is 71.7 Å². The fraction of sp³-hybridized carbons (Fsp3) is 0.317. The van der Waals surface area contributed by atoms with E-state index in [1.165, 1.54) is 22.4 Å². The minimum Gasteiger partial charge on any atom is -0.451 e. The van der Waals surface area contributed by atoms with E-state index < -0.39 is 5.91 Å². The Balaban J connectivity index is 0.000000331. The highest BCUT2D eigenvalue weighted by atomic mass is 16.3. The topological polar surface area (TPSA) is 103 Å². The highest BCUT2D eigenvalue weighted by Gasteiger charge is 2.25. The molecule has 2 aliphatic rings. The van der Waals surface area contributed by atoms with Gasteiger partial charge in [0, 0.05) is 57.4 Å². The van der Waals surface area contributed by atoms with Crippen LogP contribution in [-0.2, 0) is 16.1 Å². The second-order valence-electron chi connectivity index (χ2n) is 13.3. The monoisotopic (exact) mass is 672 g/mol. The Labute approximate surface area is 292 Å². The molecule has 7 rings (SSSR count). The van der Waals surface area contributed by atoms with Crippen molar-refractivity contribution in [3.05, 3.63) is 124 Å². The number of hydrogen-bond donors (Lipinski definition) is 1. The molecule has 3 amide bonds. The zero-order valence-corrected chi connectivity index (χ0v) is 29.0. The lowest BCUT2D eigenvalue weighted by Crippen LogP contribution is -2.51. The minimum absolute atomic E-state index is 0.115. The lowest BCUT2D eigenvalue weighted by Gasteiger charge is -2.37. The van der Waals surface area contributed by atoms with Crippen molar-refractivity contribution in [3.8, 4) is 0 Å². The van der Waals surface area contributed by atoms with Crippen LogP contribution in [0.5, 0.6) is 0 Å². The van der Waals surface area contributed by atoms with Gasteiger partial charge in [-0.05, 0) is 59.4 Å². The number of carbonyl (C=O) groups excluding carboxylic acids is 3. The summed E-state index contributed by atoms with van der Waals surface area (Å²) in [5.41, 5.74) is 4.59. The van der Waals surface area contributed by atoms with Crippen LogP contribution in [0.15, 0.2) is 100 Å². The van der Waals surface area contributed by atoms with Crippen LogP contribution in [0.25, 0.3) is 21.7 Å². The van der Waals surface area contributed by atoms with Crippen molar-refractivity contribution in [1.82, 2.24) is 15.1 Å². The van der Waals surface area contributed by atoms with Crippen LogP contribution in [0.3, 0.4) is 0 Å². The maximum Gasteiger partial charge on any atom is 0.287 e. The standard InChI is InChI=1S/C30H34N4O5.C11H10/c1-20(2)21-9-10-26-23(16-21)25(35)17-27(39-26)30(38)31-18-29(37)33-14-12-32(13-15-33)24-7-4-3-6-22(24)19-34-11-5-8-28(34)36;1-9-6-7-10-4-2-3-5-11(10)8-9/h3-4,6-7,9-10,16-17,20H,5,8,11-15,18-19H2,1-2H3,(H,31,38);2-8H,1H3. The molecule has 0 radical (unpaired) electrons. The largest absolute Gasteiger partial charge is 0.451 e. The molecule has 9 nitrogen and oxygen atoms in total. The maximum absolute atomic E-state index is 12.8. The molecule has 0 atom stereocenters. The predicted molar refractivity (Wildman–Crippen MR) is 197 cm³/mol. The van der Waals surface area contributed by atoms with Gasteiger partial charge in [0.15, 0.2) is 11.2 Å². The van der Waals surface area contributed by atoms with Gasteiger partial charge in [-0.1, -0.05) is 86.1 Å². The number of likely N-dealkylation sites (tertiary alicyclic amines) is 1. The molecular weight excluding hydrogens is 628 g/mol. The van der Waals surface area contributed by atoms with Gasteiger partial charge in [0.2, 0.25) is 11.8 Å². The number of rotatable bonds is 7. The van der Waals surface area contributed by atoms with Crippen molar-refractivity contribution >= 4 is 45.2 Å². The number of para-hydroxylation sites is 1. The normalized spacial score (nSPS) is 14.6. The SMILES string of the molecule is CC(C)c1ccc2oc(C(=O)NCC(=O)N3CCN(c4ccccc4CN4CCCC4=O)CC3)cc(=O)c2c1.Cc1ccc2ccccc2c1. The Morgan fingerprint density at radius 2 is 1.56 bits per heavy atom. The molecule has 5 aromatic rings. The number of amides is 3. The third-order valence-corrected chi connectivity index (χ3v) is 9.44. The second kappa shape index (κ2) is 15.4. The Hall–Kier alpha value is -5.44. The van der Waals surface area contributed by atoms with Gasteiger partial charge in [-0.3, -0.25) is 19.2 Å². The van der Waals surface area contributed by atoms with Gasteiger partial charge in [-0.15, -0.1) is 0 Å². The molecule has 0 aliphatic carbocycles. The molecule has 2 fully saturated rings. The van der Waals surface area contributed by atoms with Gasteiger partial charge >= 0.3 is 0 Å². The molecule has 1 N–H and O–H groups in total. The molecule has 4 aromatic carbocycles. The van der Waals surface area contributed by atoms with Crippen LogP contribution in [0, 0.1) is 6.92 Å². The Morgan fingerprint density at radius 3 is 2.30 bits per heavy atom. The van der Waals surface area contributed by atoms with Gasteiger partial charge in [-0.25, -0.2) is 0 Å². The number of benzene rings is 4. The van der Waals surface area contributed by atoms with Gasteiger partial charge in [0.05, 0.1) is 11.9 Å². The van der Waals surface area contributed by atoms with Crippen molar-refractivity contribution in [3.63, 3.8) is 0 Å². The molecule has 2 saturated heterocycles. The van der Waals surface area contributed by atoms with Crippen LogP contribution >= 0.6 is 0 Å². The second-order valence-corrected chi connectivity index (χ2v) is 13.3. The lowest BCUT2D eigenvalue weighted by molar-refractivity contribution is -0.130. The molecule has 9 heteroatoms. The zero-order valence-electron chi connectivity index (χ0n) is 29.0. The predicted octanol–water partition coefficient (Wildman–Crippen LogP) is 6.27. The molecule has 0 saturated carbocycles. The van der Waals surface area contributed by atoms with E-state index in [9.17, 15) is 19.2 Å². The summed E-state index contributed by atoms with van der Waals surface area (Å²) in [5.74, 6) is -0.441. The van der Waals surface area contributed by atoms with Crippen molar-refractivity contribution in [1.29, 1.82) is 0 Å². The summed E-state index contributed by atoms with van der Waals surface area (Å²) >= 11 is 0. The number of hydrogen-bond acceptors (Lipinski definition) is 6. The first-order valence-electron chi connectivity index (χ1n) is 17.4. The first-order chi connectivity index (χ1) is 24.2. The van der Waals surface area contributed by atoms with E-state index in [0.717, 1.165) is 29.8 Å². The number of piperazine rings is 1. The van der Waals surface area contributed by atoms with Crippen molar-refractivity contribution in [2.75, 3.05) is 44.2 Å². The molecular formula is C41H44N4O5. The fourth-order valence-electron chi connectivity index (χ4n) is 6.54. The van der Waals surface area contributed by atoms with Crippen LogP contribution in [0.1, 0.15) is 59.9 Å². The molecule has 0 spiro atoms. The Bertz CT molecular complexity index is 2080. The number of nitrogens with zero attached hydrogens (tertiary/aromatic N) is 3. The van der Waals surface area contributed by atoms with Crippen molar-refractivity contribution in [2.24, 2.45) is 0 Å². The van der Waals surface area contributed by atoms with Crippen LogP contribution in [0.2, 0.25) is 0 Å². The van der Waals surface area contributed by atoms with E-state index in [0.29, 0.717) is 50.1 Å². The summed E-state index contributed by atoms with van der Waals surface area (Å²) in [6, 6.07) is 29.6. The Morgan fingerprint density at radius 1 is 0.820 bits per heavy atom. The summed E-state index contributed by atoms with van der Waals surface area (Å²) in [6.07, 6.45) is 1.52. The van der Waals surface area contributed by atoms with Gasteiger partial charge in [-0.2, -0.15) is 0 Å². The average Bonchev–Trinajstić information content (AvgIpc) is 3.54. The van der Waals surface area contributed by atoms with Crippen LogP contribution in [-0.4, -0.2) is 66.8 Å². The molecule has 2 aliphatic heterocycles. The third kappa shape index (κ3) is 8.05. The summed E-state index contributed by atoms with van der Waals surface area (Å²) < 4.78 is 5.68. The minimum atomic E-state index is -0.598. The molecule has 1 aromatic heterocycles. The van der Waals surface area contributed by atoms with Crippen molar-refractivity contribution < 1.29 is 18.8 Å². The van der Waals surface area contributed by atoms with Crippen molar-refractivity contribution in [2.45, 2.75) is 46.1 Å². The van der Waals surface area contributed by atoms with E-state index >= 15 is 0 Å². The third-order valence-electron chi connectivity index (χ3n) is 9.44. The van der Waals surface area contributed by atoms with Gasteiger partial charge in [0.25, 0.3) is 5.91 Å². The molecule has 50 heavy (non-hydrogen) atoms. The smallest absolute Gasteiger partial charge is 0.287 e.